The molecule has 0 aromatic heterocycles. The number of hydrogen-bond acceptors (Lipinski definition) is 2. The average Bonchev–Trinajstić information content (AvgIpc) is 2.60. The Hall–Kier alpha value is -2.42. The third-order valence-corrected chi connectivity index (χ3v) is 4.43. The molecule has 23 heavy (non-hydrogen) atoms. The molecule has 0 unspecified atom stereocenters. The summed E-state index contributed by atoms with van der Waals surface area (Å²) in [5.41, 5.74) is 4.79. The van der Waals surface area contributed by atoms with Crippen molar-refractivity contribution in [1.29, 1.82) is 0 Å². The lowest BCUT2D eigenvalue weighted by atomic mass is 9.94. The monoisotopic (exact) mass is 307 g/mol. The van der Waals surface area contributed by atoms with Gasteiger partial charge in [0.05, 0.1) is 0 Å². The van der Waals surface area contributed by atoms with Crippen LogP contribution >= 0.6 is 0 Å². The predicted octanol–water partition coefficient (Wildman–Crippen LogP) is 4.22. The summed E-state index contributed by atoms with van der Waals surface area (Å²) in [4.78, 5) is 25.4. The zero-order chi connectivity index (χ0) is 16.4. The molecule has 0 radical (unpaired) electrons. The molecular weight excluding hydrogens is 286 g/mol. The number of aldehydes is 1. The topological polar surface area (TPSA) is 37.4 Å². The Balaban J connectivity index is 1.92. The fraction of sp³-hybridized carbons (Fsp3) is 0.300. The van der Waals surface area contributed by atoms with Gasteiger partial charge in [-0.05, 0) is 48.1 Å². The van der Waals surface area contributed by atoms with Gasteiger partial charge in [-0.1, -0.05) is 38.1 Å². The fourth-order valence-electron chi connectivity index (χ4n) is 3.05. The van der Waals surface area contributed by atoms with Crippen LogP contribution in [0.4, 0.5) is 5.69 Å². The molecule has 0 aliphatic carbocycles. The quantitative estimate of drug-likeness (QED) is 0.796. The van der Waals surface area contributed by atoms with E-state index in [2.05, 4.69) is 32.0 Å². The summed E-state index contributed by atoms with van der Waals surface area (Å²) in [6.07, 6.45) is 2.79. The summed E-state index contributed by atoms with van der Waals surface area (Å²) in [5, 5.41) is 0. The smallest absolute Gasteiger partial charge is 0.258 e. The number of aryl methyl sites for hydroxylation is 1. The van der Waals surface area contributed by atoms with Crippen molar-refractivity contribution in [3.8, 4) is 0 Å². The van der Waals surface area contributed by atoms with Gasteiger partial charge in [-0.3, -0.25) is 9.59 Å². The molecule has 3 heteroatoms. The van der Waals surface area contributed by atoms with Gasteiger partial charge in [0, 0.05) is 23.4 Å². The first-order chi connectivity index (χ1) is 11.1. The van der Waals surface area contributed by atoms with Gasteiger partial charge in [0.15, 0.2) is 0 Å². The third-order valence-electron chi connectivity index (χ3n) is 4.43. The van der Waals surface area contributed by atoms with Gasteiger partial charge >= 0.3 is 0 Å². The lowest BCUT2D eigenvalue weighted by Crippen LogP contribution is -2.35. The van der Waals surface area contributed by atoms with E-state index in [0.29, 0.717) is 17.0 Å². The Morgan fingerprint density at radius 3 is 2.52 bits per heavy atom. The predicted molar refractivity (Wildman–Crippen MR) is 92.4 cm³/mol. The molecule has 0 bridgehead atoms. The normalized spacial score (nSPS) is 13.8. The molecule has 3 nitrogen and oxygen atoms in total. The van der Waals surface area contributed by atoms with Crippen LogP contribution in [0.2, 0.25) is 0 Å². The Kier molecular flexibility index (Phi) is 4.28. The van der Waals surface area contributed by atoms with Crippen LogP contribution in [0.25, 0.3) is 0 Å². The molecule has 1 amide bonds. The van der Waals surface area contributed by atoms with Crippen molar-refractivity contribution in [2.75, 3.05) is 11.4 Å². The number of carbonyl (C=O) groups excluding carboxylic acids is 2. The second-order valence-corrected chi connectivity index (χ2v) is 6.34. The second kappa shape index (κ2) is 6.37. The van der Waals surface area contributed by atoms with Gasteiger partial charge in [-0.15, -0.1) is 0 Å². The largest absolute Gasteiger partial charge is 0.308 e. The zero-order valence-corrected chi connectivity index (χ0v) is 13.6. The van der Waals surface area contributed by atoms with Crippen LogP contribution in [0.1, 0.15) is 58.0 Å². The van der Waals surface area contributed by atoms with E-state index in [9.17, 15) is 9.59 Å². The van der Waals surface area contributed by atoms with Crippen molar-refractivity contribution in [1.82, 2.24) is 0 Å². The van der Waals surface area contributed by atoms with E-state index in [1.165, 1.54) is 11.1 Å². The van der Waals surface area contributed by atoms with Crippen LogP contribution in [0, 0.1) is 0 Å². The summed E-state index contributed by atoms with van der Waals surface area (Å²) in [7, 11) is 0. The van der Waals surface area contributed by atoms with Crippen molar-refractivity contribution in [2.45, 2.75) is 32.6 Å². The number of carbonyl (C=O) groups is 2. The van der Waals surface area contributed by atoms with E-state index in [4.69, 9.17) is 0 Å². The molecule has 1 aliphatic heterocycles. The molecule has 0 fully saturated rings. The second-order valence-electron chi connectivity index (χ2n) is 6.34. The van der Waals surface area contributed by atoms with E-state index < -0.39 is 0 Å². The summed E-state index contributed by atoms with van der Waals surface area (Å²) in [6, 6.07) is 13.2. The molecule has 3 rings (SSSR count). The van der Waals surface area contributed by atoms with E-state index in [1.54, 1.807) is 24.3 Å². The minimum Gasteiger partial charge on any atom is -0.308 e. The van der Waals surface area contributed by atoms with E-state index in [0.717, 1.165) is 31.4 Å². The molecule has 1 aliphatic rings. The summed E-state index contributed by atoms with van der Waals surface area (Å²) < 4.78 is 0. The summed E-state index contributed by atoms with van der Waals surface area (Å²) >= 11 is 0. The van der Waals surface area contributed by atoms with Gasteiger partial charge in [0.2, 0.25) is 0 Å². The number of anilines is 1. The molecule has 2 aromatic rings. The minimum absolute atomic E-state index is 0.000644. The zero-order valence-electron chi connectivity index (χ0n) is 13.6. The first-order valence-electron chi connectivity index (χ1n) is 8.10. The van der Waals surface area contributed by atoms with E-state index in [1.807, 2.05) is 4.90 Å². The SMILES string of the molecule is CC(C)c1ccc2c(c1)CCCN2C(=O)c1ccc(C=O)cc1. The molecule has 0 saturated carbocycles. The minimum atomic E-state index is 0.000644. The number of nitrogens with zero attached hydrogens (tertiary/aromatic N) is 1. The van der Waals surface area contributed by atoms with Crippen LogP contribution in [-0.4, -0.2) is 18.7 Å². The highest BCUT2D eigenvalue weighted by molar-refractivity contribution is 6.07. The number of benzene rings is 2. The lowest BCUT2D eigenvalue weighted by Gasteiger charge is -2.30. The van der Waals surface area contributed by atoms with Gasteiger partial charge in [-0.2, -0.15) is 0 Å². The maximum Gasteiger partial charge on any atom is 0.258 e. The maximum absolute atomic E-state index is 12.8. The first-order valence-corrected chi connectivity index (χ1v) is 8.10. The number of hydrogen-bond donors (Lipinski definition) is 0. The standard InChI is InChI=1S/C20H21NO2/c1-14(2)17-9-10-19-18(12-17)4-3-11-21(19)20(23)16-7-5-15(13-22)6-8-16/h5-10,12-14H,3-4,11H2,1-2H3. The molecule has 0 N–H and O–H groups in total. The van der Waals surface area contributed by atoms with Crippen LogP contribution in [0.3, 0.4) is 0 Å². The highest BCUT2D eigenvalue weighted by atomic mass is 16.2. The summed E-state index contributed by atoms with van der Waals surface area (Å²) in [5.74, 6) is 0.489. The molecule has 0 spiro atoms. The van der Waals surface area contributed by atoms with Gasteiger partial charge in [0.25, 0.3) is 5.91 Å². The van der Waals surface area contributed by atoms with Gasteiger partial charge < -0.3 is 4.90 Å². The van der Waals surface area contributed by atoms with Crippen LogP contribution in [-0.2, 0) is 6.42 Å². The highest BCUT2D eigenvalue weighted by Crippen LogP contribution is 2.31. The van der Waals surface area contributed by atoms with Crippen molar-refractivity contribution >= 4 is 17.9 Å². The van der Waals surface area contributed by atoms with Gasteiger partial charge in [-0.25, -0.2) is 0 Å². The molecule has 0 saturated heterocycles. The van der Waals surface area contributed by atoms with Gasteiger partial charge in [0.1, 0.15) is 6.29 Å². The molecule has 0 atom stereocenters. The van der Waals surface area contributed by atoms with Crippen molar-refractivity contribution in [3.05, 3.63) is 64.7 Å². The average molecular weight is 307 g/mol. The van der Waals surface area contributed by atoms with Crippen LogP contribution in [0.15, 0.2) is 42.5 Å². The van der Waals surface area contributed by atoms with Crippen LogP contribution in [0.5, 0.6) is 0 Å². The van der Waals surface area contributed by atoms with Crippen molar-refractivity contribution in [2.24, 2.45) is 0 Å². The number of rotatable bonds is 3. The maximum atomic E-state index is 12.8. The molecule has 2 aromatic carbocycles. The highest BCUT2D eigenvalue weighted by Gasteiger charge is 2.24. The van der Waals surface area contributed by atoms with Crippen molar-refractivity contribution < 1.29 is 9.59 Å². The van der Waals surface area contributed by atoms with E-state index in [-0.39, 0.29) is 5.91 Å². The van der Waals surface area contributed by atoms with Crippen LogP contribution < -0.4 is 4.90 Å². The Morgan fingerprint density at radius 1 is 1.13 bits per heavy atom. The van der Waals surface area contributed by atoms with E-state index >= 15 is 0 Å². The lowest BCUT2D eigenvalue weighted by molar-refractivity contribution is 0.0984. The Morgan fingerprint density at radius 2 is 1.87 bits per heavy atom. The fourth-order valence-corrected chi connectivity index (χ4v) is 3.05. The summed E-state index contributed by atoms with van der Waals surface area (Å²) in [6.45, 7) is 5.10. The third kappa shape index (κ3) is 3.04. The molecule has 1 heterocycles. The molecular formula is C20H21NO2. The first kappa shape index (κ1) is 15.5. The van der Waals surface area contributed by atoms with Crippen molar-refractivity contribution in [3.63, 3.8) is 0 Å². The molecule has 118 valence electrons. The number of fused-ring (bicyclic) bond motifs is 1. The number of amides is 1. The Labute approximate surface area is 136 Å². The Bertz CT molecular complexity index is 732.